The first-order valence-corrected chi connectivity index (χ1v) is 8.77. The highest BCUT2D eigenvalue weighted by atomic mass is 79.9. The summed E-state index contributed by atoms with van der Waals surface area (Å²) < 4.78 is 14.4. The van der Waals surface area contributed by atoms with Crippen molar-refractivity contribution in [3.05, 3.63) is 71.0 Å². The number of nitrogens with one attached hydrogen (secondary N) is 1. The number of carbonyl (C=O) groups is 1. The van der Waals surface area contributed by atoms with Gasteiger partial charge < -0.3 is 5.32 Å². The molecule has 3 rings (SSSR count). The summed E-state index contributed by atoms with van der Waals surface area (Å²) in [6.07, 6.45) is 0. The Morgan fingerprint density at radius 1 is 1.09 bits per heavy atom. The maximum Gasteiger partial charge on any atom is 0.234 e. The molecule has 0 fully saturated rings. The van der Waals surface area contributed by atoms with Crippen LogP contribution >= 0.6 is 27.7 Å². The third-order valence-corrected chi connectivity index (χ3v) is 4.88. The average molecular weight is 390 g/mol. The molecule has 5 heteroatoms. The number of halogens is 2. The third-order valence-electron chi connectivity index (χ3n) is 3.31. The lowest BCUT2D eigenvalue weighted by molar-refractivity contribution is -0.113. The Bertz CT molecular complexity index is 863. The Kier molecular flexibility index (Phi) is 4.98. The molecular weight excluding hydrogens is 377 g/mol. The molecule has 0 saturated heterocycles. The standard InChI is InChI=1S/C18H13BrFNOS/c19-13-8-9-16(15(20)10-13)21-18(22)11-23-17-7-3-5-12-4-1-2-6-14(12)17/h1-10H,11H2,(H,21,22). The molecule has 0 aromatic heterocycles. The highest BCUT2D eigenvalue weighted by Crippen LogP contribution is 2.28. The van der Waals surface area contributed by atoms with Crippen LogP contribution in [0.15, 0.2) is 70.0 Å². The van der Waals surface area contributed by atoms with E-state index in [1.165, 1.54) is 17.8 Å². The lowest BCUT2D eigenvalue weighted by Crippen LogP contribution is -2.15. The number of benzene rings is 3. The largest absolute Gasteiger partial charge is 0.323 e. The second kappa shape index (κ2) is 7.15. The van der Waals surface area contributed by atoms with E-state index < -0.39 is 5.82 Å². The average Bonchev–Trinajstić information content (AvgIpc) is 2.55. The monoisotopic (exact) mass is 389 g/mol. The molecule has 1 amide bonds. The van der Waals surface area contributed by atoms with Gasteiger partial charge in [-0.2, -0.15) is 0 Å². The molecule has 0 unspecified atom stereocenters. The molecular formula is C18H13BrFNOS. The molecule has 2 nitrogen and oxygen atoms in total. The van der Waals surface area contributed by atoms with Crippen LogP contribution in [0.5, 0.6) is 0 Å². The normalized spacial score (nSPS) is 10.7. The molecule has 0 aliphatic carbocycles. The SMILES string of the molecule is O=C(CSc1cccc2ccccc12)Nc1ccc(Br)cc1F. The molecule has 1 N–H and O–H groups in total. The van der Waals surface area contributed by atoms with E-state index in [1.54, 1.807) is 12.1 Å². The summed E-state index contributed by atoms with van der Waals surface area (Å²) in [6, 6.07) is 18.6. The minimum atomic E-state index is -0.456. The first-order valence-electron chi connectivity index (χ1n) is 6.99. The van der Waals surface area contributed by atoms with Gasteiger partial charge in [0.05, 0.1) is 11.4 Å². The quantitative estimate of drug-likeness (QED) is 0.599. The maximum absolute atomic E-state index is 13.7. The number of amides is 1. The zero-order chi connectivity index (χ0) is 16.2. The van der Waals surface area contributed by atoms with Crippen molar-refractivity contribution in [3.8, 4) is 0 Å². The summed E-state index contributed by atoms with van der Waals surface area (Å²) in [7, 11) is 0. The van der Waals surface area contributed by atoms with Crippen molar-refractivity contribution in [3.63, 3.8) is 0 Å². The van der Waals surface area contributed by atoms with Gasteiger partial charge in [0.25, 0.3) is 0 Å². The van der Waals surface area contributed by atoms with E-state index in [9.17, 15) is 9.18 Å². The third kappa shape index (κ3) is 3.92. The van der Waals surface area contributed by atoms with Crippen LogP contribution in [0.3, 0.4) is 0 Å². The van der Waals surface area contributed by atoms with E-state index >= 15 is 0 Å². The van der Waals surface area contributed by atoms with Crippen LogP contribution in [-0.2, 0) is 4.79 Å². The molecule has 0 heterocycles. The van der Waals surface area contributed by atoms with Crippen molar-refractivity contribution >= 4 is 50.1 Å². The van der Waals surface area contributed by atoms with Gasteiger partial charge in [-0.3, -0.25) is 4.79 Å². The number of thioether (sulfide) groups is 1. The summed E-state index contributed by atoms with van der Waals surface area (Å²) in [6.45, 7) is 0. The lowest BCUT2D eigenvalue weighted by Gasteiger charge is -2.08. The van der Waals surface area contributed by atoms with Crippen molar-refractivity contribution in [2.75, 3.05) is 11.1 Å². The molecule has 116 valence electrons. The Hall–Kier alpha value is -1.85. The number of hydrogen-bond acceptors (Lipinski definition) is 2. The van der Waals surface area contributed by atoms with Crippen LogP contribution in [-0.4, -0.2) is 11.7 Å². The number of anilines is 1. The van der Waals surface area contributed by atoms with E-state index in [1.807, 2.05) is 42.5 Å². The molecule has 0 radical (unpaired) electrons. The first-order chi connectivity index (χ1) is 11.1. The number of hydrogen-bond donors (Lipinski definition) is 1. The minimum Gasteiger partial charge on any atom is -0.323 e. The Labute approximate surface area is 146 Å². The molecule has 3 aromatic rings. The summed E-state index contributed by atoms with van der Waals surface area (Å²) in [5.41, 5.74) is 0.191. The summed E-state index contributed by atoms with van der Waals surface area (Å²) in [4.78, 5) is 13.1. The predicted molar refractivity (Wildman–Crippen MR) is 97.4 cm³/mol. The van der Waals surface area contributed by atoms with Gasteiger partial charge in [0.2, 0.25) is 5.91 Å². The molecule has 0 atom stereocenters. The predicted octanol–water partition coefficient (Wildman–Crippen LogP) is 5.47. The lowest BCUT2D eigenvalue weighted by atomic mass is 10.1. The highest BCUT2D eigenvalue weighted by molar-refractivity contribution is 9.10. The molecule has 0 spiro atoms. The zero-order valence-corrected chi connectivity index (χ0v) is 14.5. The second-order valence-corrected chi connectivity index (χ2v) is 6.87. The highest BCUT2D eigenvalue weighted by Gasteiger charge is 2.09. The van der Waals surface area contributed by atoms with Gasteiger partial charge in [-0.1, -0.05) is 52.3 Å². The second-order valence-electron chi connectivity index (χ2n) is 4.94. The van der Waals surface area contributed by atoms with Crippen LogP contribution in [0.2, 0.25) is 0 Å². The van der Waals surface area contributed by atoms with Gasteiger partial charge in [-0.05, 0) is 35.0 Å². The molecule has 0 saturated carbocycles. The number of carbonyl (C=O) groups excluding carboxylic acids is 1. The van der Waals surface area contributed by atoms with Crippen LogP contribution in [0, 0.1) is 5.82 Å². The van der Waals surface area contributed by atoms with Crippen LogP contribution in [0.25, 0.3) is 10.8 Å². The van der Waals surface area contributed by atoms with Crippen molar-refractivity contribution < 1.29 is 9.18 Å². The van der Waals surface area contributed by atoms with Crippen LogP contribution in [0.4, 0.5) is 10.1 Å². The van der Waals surface area contributed by atoms with Gasteiger partial charge in [-0.15, -0.1) is 11.8 Å². The van der Waals surface area contributed by atoms with E-state index in [0.29, 0.717) is 4.47 Å². The molecule has 0 bridgehead atoms. The van der Waals surface area contributed by atoms with E-state index in [2.05, 4.69) is 21.2 Å². The van der Waals surface area contributed by atoms with Gasteiger partial charge in [0, 0.05) is 9.37 Å². The summed E-state index contributed by atoms with van der Waals surface area (Å²) in [5, 5.41) is 4.85. The fraction of sp³-hybridized carbons (Fsp3) is 0.0556. The topological polar surface area (TPSA) is 29.1 Å². The fourth-order valence-electron chi connectivity index (χ4n) is 2.24. The van der Waals surface area contributed by atoms with E-state index in [-0.39, 0.29) is 17.3 Å². The summed E-state index contributed by atoms with van der Waals surface area (Å²) in [5.74, 6) is -0.462. The van der Waals surface area contributed by atoms with Crippen molar-refractivity contribution in [1.29, 1.82) is 0 Å². The first kappa shape index (κ1) is 16.0. The van der Waals surface area contributed by atoms with Crippen LogP contribution in [0.1, 0.15) is 0 Å². The van der Waals surface area contributed by atoms with E-state index in [4.69, 9.17) is 0 Å². The Morgan fingerprint density at radius 3 is 2.70 bits per heavy atom. The number of rotatable bonds is 4. The fourth-order valence-corrected chi connectivity index (χ4v) is 3.45. The Morgan fingerprint density at radius 2 is 1.87 bits per heavy atom. The van der Waals surface area contributed by atoms with Gasteiger partial charge in [-0.25, -0.2) is 4.39 Å². The van der Waals surface area contributed by atoms with Crippen LogP contribution < -0.4 is 5.32 Å². The molecule has 3 aromatic carbocycles. The number of fused-ring (bicyclic) bond motifs is 1. The van der Waals surface area contributed by atoms with Gasteiger partial charge >= 0.3 is 0 Å². The molecule has 23 heavy (non-hydrogen) atoms. The van der Waals surface area contributed by atoms with E-state index in [0.717, 1.165) is 15.7 Å². The molecule has 0 aliphatic rings. The Balaban J connectivity index is 1.69. The smallest absolute Gasteiger partial charge is 0.234 e. The van der Waals surface area contributed by atoms with Crippen molar-refractivity contribution in [2.45, 2.75) is 4.90 Å². The summed E-state index contributed by atoms with van der Waals surface area (Å²) >= 11 is 4.63. The van der Waals surface area contributed by atoms with Crippen molar-refractivity contribution in [1.82, 2.24) is 0 Å². The maximum atomic E-state index is 13.7. The minimum absolute atomic E-state index is 0.191. The van der Waals surface area contributed by atoms with Gasteiger partial charge in [0.15, 0.2) is 0 Å². The van der Waals surface area contributed by atoms with Crippen molar-refractivity contribution in [2.24, 2.45) is 0 Å². The zero-order valence-electron chi connectivity index (χ0n) is 12.1. The van der Waals surface area contributed by atoms with Gasteiger partial charge in [0.1, 0.15) is 5.82 Å². The molecule has 0 aliphatic heterocycles.